The Balaban J connectivity index is 0.000000146. The Morgan fingerprint density at radius 1 is 0.880 bits per heavy atom. The van der Waals surface area contributed by atoms with Gasteiger partial charge < -0.3 is 18.7 Å². The van der Waals surface area contributed by atoms with Crippen molar-refractivity contribution in [2.24, 2.45) is 0 Å². The molecule has 0 spiro atoms. The number of aromatic hydroxyl groups is 1. The molecular formula is C19H12N2O4. The molecule has 1 N–H and O–H groups in total. The zero-order chi connectivity index (χ0) is 17.8. The predicted molar refractivity (Wildman–Crippen MR) is 90.1 cm³/mol. The lowest BCUT2D eigenvalue weighted by Crippen LogP contribution is -1.84. The molecule has 0 atom stereocenters. The number of phenolic OH excluding ortho intramolecular Hbond substituents is 1. The Morgan fingerprint density at radius 2 is 1.44 bits per heavy atom. The molecule has 0 aliphatic rings. The summed E-state index contributed by atoms with van der Waals surface area (Å²) in [5.74, 6) is 0.751. The Kier molecular flexibility index (Phi) is 4.28. The van der Waals surface area contributed by atoms with Crippen LogP contribution in [0.25, 0.3) is 21.9 Å². The molecule has 4 aromatic rings. The van der Waals surface area contributed by atoms with E-state index in [0.29, 0.717) is 33.4 Å². The predicted octanol–water partition coefficient (Wildman–Crippen LogP) is 4.32. The molecule has 0 unspecified atom stereocenters. The van der Waals surface area contributed by atoms with Crippen molar-refractivity contribution in [3.63, 3.8) is 0 Å². The molecule has 0 radical (unpaired) electrons. The number of ether oxygens (including phenoxy) is 1. The van der Waals surface area contributed by atoms with E-state index in [0.717, 1.165) is 5.39 Å². The first-order chi connectivity index (χ1) is 12.2. The monoisotopic (exact) mass is 332 g/mol. The second kappa shape index (κ2) is 6.69. The maximum absolute atomic E-state index is 9.36. The van der Waals surface area contributed by atoms with Gasteiger partial charge in [-0.25, -0.2) is 0 Å². The fraction of sp³-hybridized carbons (Fsp3) is 0.0526. The molecule has 0 fully saturated rings. The van der Waals surface area contributed by atoms with Crippen molar-refractivity contribution in [2.75, 3.05) is 7.11 Å². The summed E-state index contributed by atoms with van der Waals surface area (Å²) in [6.45, 7) is 0. The van der Waals surface area contributed by atoms with E-state index in [-0.39, 0.29) is 5.75 Å². The molecule has 0 aliphatic heterocycles. The van der Waals surface area contributed by atoms with Crippen molar-refractivity contribution in [3.8, 4) is 23.6 Å². The summed E-state index contributed by atoms with van der Waals surface area (Å²) in [6, 6.07) is 13.8. The standard InChI is InChI=1S/C10H7NO2.C9H5NO2/c1-12-9-4-7(6-11)5-10-8(9)2-3-13-10;10-5-6-3-8(11)7-1-2-12-9(7)4-6/h2-5H,1H3;1-4,11H. The molecule has 2 aromatic carbocycles. The second-order valence-electron chi connectivity index (χ2n) is 5.06. The highest BCUT2D eigenvalue weighted by atomic mass is 16.5. The summed E-state index contributed by atoms with van der Waals surface area (Å²) < 4.78 is 15.3. The van der Waals surface area contributed by atoms with Crippen LogP contribution in [0.3, 0.4) is 0 Å². The lowest BCUT2D eigenvalue weighted by molar-refractivity contribution is 0.419. The number of benzene rings is 2. The normalized spacial score (nSPS) is 9.88. The third kappa shape index (κ3) is 3.10. The molecule has 2 aromatic heterocycles. The maximum Gasteiger partial charge on any atom is 0.138 e. The van der Waals surface area contributed by atoms with E-state index in [1.165, 1.54) is 12.3 Å². The number of nitrogens with zero attached hydrogens (tertiary/aromatic N) is 2. The molecular weight excluding hydrogens is 320 g/mol. The van der Waals surface area contributed by atoms with Gasteiger partial charge in [-0.15, -0.1) is 0 Å². The number of hydrogen-bond acceptors (Lipinski definition) is 6. The van der Waals surface area contributed by atoms with Crippen LogP contribution in [-0.2, 0) is 0 Å². The lowest BCUT2D eigenvalue weighted by atomic mass is 10.1. The van der Waals surface area contributed by atoms with Crippen LogP contribution in [0.5, 0.6) is 11.5 Å². The molecule has 6 nitrogen and oxygen atoms in total. The van der Waals surface area contributed by atoms with E-state index in [9.17, 15) is 5.11 Å². The molecule has 0 bridgehead atoms. The first-order valence-corrected chi connectivity index (χ1v) is 7.22. The largest absolute Gasteiger partial charge is 0.507 e. The van der Waals surface area contributed by atoms with Gasteiger partial charge in [-0.2, -0.15) is 10.5 Å². The average molecular weight is 332 g/mol. The Labute approximate surface area is 142 Å². The van der Waals surface area contributed by atoms with E-state index >= 15 is 0 Å². The summed E-state index contributed by atoms with van der Waals surface area (Å²) in [5, 5.41) is 28.1. The van der Waals surface area contributed by atoms with Gasteiger partial charge in [0.25, 0.3) is 0 Å². The summed E-state index contributed by atoms with van der Waals surface area (Å²) in [4.78, 5) is 0. The fourth-order valence-electron chi connectivity index (χ4n) is 2.39. The Bertz CT molecular complexity index is 1130. The quantitative estimate of drug-likeness (QED) is 0.556. The van der Waals surface area contributed by atoms with Gasteiger partial charge >= 0.3 is 0 Å². The summed E-state index contributed by atoms with van der Waals surface area (Å²) in [7, 11) is 1.57. The minimum absolute atomic E-state index is 0.0813. The maximum atomic E-state index is 9.36. The fourth-order valence-corrected chi connectivity index (χ4v) is 2.39. The van der Waals surface area contributed by atoms with Gasteiger partial charge in [0.15, 0.2) is 0 Å². The minimum atomic E-state index is 0.0813. The van der Waals surface area contributed by atoms with Crippen LogP contribution in [-0.4, -0.2) is 12.2 Å². The summed E-state index contributed by atoms with van der Waals surface area (Å²) in [5.41, 5.74) is 2.15. The minimum Gasteiger partial charge on any atom is -0.507 e. The summed E-state index contributed by atoms with van der Waals surface area (Å²) >= 11 is 0. The van der Waals surface area contributed by atoms with Gasteiger partial charge in [0.05, 0.1) is 53.7 Å². The number of furan rings is 2. The highest BCUT2D eigenvalue weighted by molar-refractivity contribution is 5.86. The topological polar surface area (TPSA) is 103 Å². The van der Waals surface area contributed by atoms with Gasteiger partial charge in [-0.1, -0.05) is 0 Å². The second-order valence-corrected chi connectivity index (χ2v) is 5.06. The molecule has 0 saturated carbocycles. The Hall–Kier alpha value is -3.90. The number of hydrogen-bond donors (Lipinski definition) is 1. The van der Waals surface area contributed by atoms with Crippen LogP contribution in [0.1, 0.15) is 11.1 Å². The number of phenols is 1. The van der Waals surface area contributed by atoms with Gasteiger partial charge in [0.1, 0.15) is 22.7 Å². The third-order valence-electron chi connectivity index (χ3n) is 3.56. The molecule has 0 saturated heterocycles. The zero-order valence-corrected chi connectivity index (χ0v) is 13.2. The molecule has 25 heavy (non-hydrogen) atoms. The van der Waals surface area contributed by atoms with Crippen molar-refractivity contribution in [1.82, 2.24) is 0 Å². The smallest absolute Gasteiger partial charge is 0.138 e. The van der Waals surface area contributed by atoms with E-state index in [2.05, 4.69) is 0 Å². The van der Waals surface area contributed by atoms with Crippen molar-refractivity contribution in [1.29, 1.82) is 10.5 Å². The first-order valence-electron chi connectivity index (χ1n) is 7.22. The van der Waals surface area contributed by atoms with Gasteiger partial charge in [0.2, 0.25) is 0 Å². The molecule has 0 amide bonds. The van der Waals surface area contributed by atoms with E-state index in [1.54, 1.807) is 37.6 Å². The van der Waals surface area contributed by atoms with Crippen LogP contribution in [0.15, 0.2) is 57.8 Å². The van der Waals surface area contributed by atoms with E-state index in [1.807, 2.05) is 18.2 Å². The molecule has 4 rings (SSSR count). The van der Waals surface area contributed by atoms with Crippen LogP contribution >= 0.6 is 0 Å². The molecule has 122 valence electrons. The molecule has 2 heterocycles. The summed E-state index contributed by atoms with van der Waals surface area (Å²) in [6.07, 6.45) is 3.06. The Morgan fingerprint density at radius 3 is 2.04 bits per heavy atom. The number of nitriles is 2. The van der Waals surface area contributed by atoms with E-state index < -0.39 is 0 Å². The highest BCUT2D eigenvalue weighted by Crippen LogP contribution is 2.28. The first kappa shape index (κ1) is 16.0. The van der Waals surface area contributed by atoms with Crippen molar-refractivity contribution in [2.45, 2.75) is 0 Å². The van der Waals surface area contributed by atoms with Crippen molar-refractivity contribution in [3.05, 3.63) is 60.1 Å². The van der Waals surface area contributed by atoms with Gasteiger partial charge in [-0.05, 0) is 36.4 Å². The van der Waals surface area contributed by atoms with Crippen molar-refractivity contribution < 1.29 is 18.7 Å². The number of fused-ring (bicyclic) bond motifs is 2. The van der Waals surface area contributed by atoms with Gasteiger partial charge in [-0.3, -0.25) is 0 Å². The van der Waals surface area contributed by atoms with Crippen LogP contribution < -0.4 is 4.74 Å². The third-order valence-corrected chi connectivity index (χ3v) is 3.56. The van der Waals surface area contributed by atoms with Crippen LogP contribution in [0.2, 0.25) is 0 Å². The zero-order valence-electron chi connectivity index (χ0n) is 13.2. The number of methoxy groups -OCH3 is 1. The van der Waals surface area contributed by atoms with E-state index in [4.69, 9.17) is 24.1 Å². The lowest BCUT2D eigenvalue weighted by Gasteiger charge is -2.00. The van der Waals surface area contributed by atoms with Crippen molar-refractivity contribution >= 4 is 21.9 Å². The average Bonchev–Trinajstić information content (AvgIpc) is 3.30. The molecule has 6 heteroatoms. The van der Waals surface area contributed by atoms with Crippen LogP contribution in [0, 0.1) is 22.7 Å². The highest BCUT2D eigenvalue weighted by Gasteiger charge is 2.06. The van der Waals surface area contributed by atoms with Gasteiger partial charge in [0, 0.05) is 0 Å². The van der Waals surface area contributed by atoms with Crippen LogP contribution in [0.4, 0.5) is 0 Å². The SMILES string of the molecule is COc1cc(C#N)cc2occc12.N#Cc1cc(O)c2ccoc2c1. The number of rotatable bonds is 1. The molecule has 0 aliphatic carbocycles.